The van der Waals surface area contributed by atoms with Crippen LogP contribution in [0.25, 0.3) is 11.0 Å². The Morgan fingerprint density at radius 1 is 0.956 bits per heavy atom. The van der Waals surface area contributed by atoms with Crippen molar-refractivity contribution < 1.29 is 18.2 Å². The van der Waals surface area contributed by atoms with Crippen LogP contribution in [0.1, 0.15) is 46.2 Å². The van der Waals surface area contributed by atoms with Crippen molar-refractivity contribution in [1.82, 2.24) is 5.32 Å². The van der Waals surface area contributed by atoms with E-state index >= 15 is 0 Å². The third-order valence-electron chi connectivity index (χ3n) is 8.60. The standard InChI is InChI=1S/C34H37N5O5S/c1-39(2)25-11-14-30-29(20-25)24(19-32(41)44-30)18-31(40)36-16-15-21-9-12-26(13-10-21)45(35,43)38-34(42)37-33-27-7-3-5-22(27)17-23-6-4-8-28(23)33/h9-14,17,19-20H,3-8,15-16,18H2,1-2H3,(H,36,40)(H3,35,37,38,42,43). The highest BCUT2D eigenvalue weighted by Gasteiger charge is 2.25. The van der Waals surface area contributed by atoms with Gasteiger partial charge >= 0.3 is 11.7 Å². The van der Waals surface area contributed by atoms with Gasteiger partial charge in [0.15, 0.2) is 0 Å². The summed E-state index contributed by atoms with van der Waals surface area (Å²) in [5.74, 6) is -0.224. The van der Waals surface area contributed by atoms with Crippen molar-refractivity contribution in [3.8, 4) is 0 Å². The van der Waals surface area contributed by atoms with Gasteiger partial charge in [0.05, 0.1) is 11.3 Å². The van der Waals surface area contributed by atoms with Crippen molar-refractivity contribution in [2.45, 2.75) is 56.3 Å². The smallest absolute Gasteiger partial charge is 0.354 e. The van der Waals surface area contributed by atoms with Crippen LogP contribution >= 0.6 is 0 Å². The quantitative estimate of drug-likeness (QED) is 0.242. The molecule has 10 nitrogen and oxygen atoms in total. The van der Waals surface area contributed by atoms with Crippen LogP contribution in [-0.2, 0) is 53.2 Å². The minimum atomic E-state index is -3.47. The summed E-state index contributed by atoms with van der Waals surface area (Å²) in [6.45, 7) is 0.358. The van der Waals surface area contributed by atoms with Gasteiger partial charge in [0.2, 0.25) is 5.91 Å². The van der Waals surface area contributed by atoms with E-state index in [1.165, 1.54) is 28.3 Å². The predicted molar refractivity (Wildman–Crippen MR) is 176 cm³/mol. The lowest BCUT2D eigenvalue weighted by Gasteiger charge is -2.15. The van der Waals surface area contributed by atoms with E-state index in [-0.39, 0.29) is 17.2 Å². The van der Waals surface area contributed by atoms with E-state index in [1.807, 2.05) is 31.1 Å². The number of amides is 3. The van der Waals surface area contributed by atoms with Crippen LogP contribution < -0.4 is 26.3 Å². The molecular formula is C34H37N5O5S. The molecule has 4 aromatic rings. The van der Waals surface area contributed by atoms with Gasteiger partial charge in [-0.05, 0) is 109 Å². The number of hydrogen-bond acceptors (Lipinski definition) is 6. The Morgan fingerprint density at radius 3 is 2.31 bits per heavy atom. The molecule has 0 bridgehead atoms. The molecule has 1 atom stereocenters. The van der Waals surface area contributed by atoms with Crippen LogP contribution in [0.4, 0.5) is 16.2 Å². The van der Waals surface area contributed by atoms with Crippen molar-refractivity contribution in [1.29, 1.82) is 0 Å². The molecule has 2 aliphatic carbocycles. The van der Waals surface area contributed by atoms with Gasteiger partial charge in [-0.15, -0.1) is 4.36 Å². The minimum absolute atomic E-state index is 0.0331. The molecule has 2 aliphatic rings. The van der Waals surface area contributed by atoms with Gasteiger partial charge in [0.25, 0.3) is 0 Å². The van der Waals surface area contributed by atoms with Crippen LogP contribution in [0.3, 0.4) is 0 Å². The third kappa shape index (κ3) is 6.64. The number of fused-ring (bicyclic) bond motifs is 3. The first-order valence-corrected chi connectivity index (χ1v) is 16.8. The van der Waals surface area contributed by atoms with Gasteiger partial charge in [-0.1, -0.05) is 18.2 Å². The van der Waals surface area contributed by atoms with E-state index < -0.39 is 21.6 Å². The number of carbonyl (C=O) groups excluding carboxylic acids is 2. The van der Waals surface area contributed by atoms with E-state index in [9.17, 15) is 18.6 Å². The summed E-state index contributed by atoms with van der Waals surface area (Å²) in [5, 5.41) is 12.6. The van der Waals surface area contributed by atoms with Crippen LogP contribution in [0.2, 0.25) is 0 Å². The predicted octanol–water partition coefficient (Wildman–Crippen LogP) is 4.67. The van der Waals surface area contributed by atoms with Gasteiger partial charge in [-0.25, -0.2) is 18.9 Å². The normalized spacial score (nSPS) is 14.8. The number of aryl methyl sites for hydroxylation is 2. The molecule has 0 saturated heterocycles. The summed E-state index contributed by atoms with van der Waals surface area (Å²) in [4.78, 5) is 39.9. The molecule has 234 valence electrons. The molecular weight excluding hydrogens is 590 g/mol. The molecule has 1 heterocycles. The number of carbonyl (C=O) groups is 2. The number of benzene rings is 3. The second-order valence-electron chi connectivity index (χ2n) is 11.9. The number of nitrogens with one attached hydrogen (secondary N) is 2. The Morgan fingerprint density at radius 2 is 1.64 bits per heavy atom. The SMILES string of the molecule is CN(C)c1ccc2oc(=O)cc(CC(=O)NCCc3ccc(S(N)(=O)=NC(=O)Nc4c5c(cc6c4CCC6)CCC5)cc3)c2c1. The highest BCUT2D eigenvalue weighted by atomic mass is 32.2. The van der Waals surface area contributed by atoms with Crippen LogP contribution in [0, 0.1) is 0 Å². The number of nitrogens with zero attached hydrogens (tertiary/aromatic N) is 2. The molecule has 0 radical (unpaired) electrons. The molecule has 4 N–H and O–H groups in total. The first kappa shape index (κ1) is 30.5. The van der Waals surface area contributed by atoms with Crippen molar-refractivity contribution in [2.75, 3.05) is 30.9 Å². The summed E-state index contributed by atoms with van der Waals surface area (Å²) in [6.07, 6.45) is 6.51. The number of anilines is 2. The van der Waals surface area contributed by atoms with Gasteiger partial charge in [-0.3, -0.25) is 4.79 Å². The maximum absolute atomic E-state index is 13.3. The topological polar surface area (TPSA) is 147 Å². The first-order valence-electron chi connectivity index (χ1n) is 15.2. The highest BCUT2D eigenvalue weighted by Crippen LogP contribution is 2.38. The molecule has 1 aromatic heterocycles. The van der Waals surface area contributed by atoms with Crippen LogP contribution in [0.5, 0.6) is 0 Å². The Bertz CT molecular complexity index is 1960. The number of urea groups is 1. The van der Waals surface area contributed by atoms with Gasteiger partial charge < -0.3 is 20.0 Å². The summed E-state index contributed by atoms with van der Waals surface area (Å²) >= 11 is 0. The third-order valence-corrected chi connectivity index (χ3v) is 9.98. The van der Waals surface area contributed by atoms with E-state index in [4.69, 9.17) is 9.56 Å². The minimum Gasteiger partial charge on any atom is -0.423 e. The molecule has 0 aliphatic heterocycles. The van der Waals surface area contributed by atoms with E-state index in [2.05, 4.69) is 21.1 Å². The van der Waals surface area contributed by atoms with Crippen LogP contribution in [-0.4, -0.2) is 36.8 Å². The maximum Gasteiger partial charge on any atom is 0.354 e. The van der Waals surface area contributed by atoms with Gasteiger partial charge in [-0.2, -0.15) is 0 Å². The number of rotatable bonds is 8. The lowest BCUT2D eigenvalue weighted by Crippen LogP contribution is -2.27. The van der Waals surface area contributed by atoms with E-state index in [0.29, 0.717) is 29.5 Å². The fourth-order valence-electron chi connectivity index (χ4n) is 6.35. The highest BCUT2D eigenvalue weighted by molar-refractivity contribution is 7.91. The van der Waals surface area contributed by atoms with Crippen molar-refractivity contribution in [3.05, 3.63) is 98.4 Å². The second kappa shape index (κ2) is 12.5. The molecule has 0 spiro atoms. The average molecular weight is 628 g/mol. The number of nitrogens with two attached hydrogens (primary N) is 1. The fourth-order valence-corrected chi connectivity index (χ4v) is 7.27. The Labute approximate surface area is 262 Å². The zero-order valence-electron chi connectivity index (χ0n) is 25.5. The van der Waals surface area contributed by atoms with Crippen LogP contribution in [0.15, 0.2) is 73.1 Å². The van der Waals surface area contributed by atoms with Crippen molar-refractivity contribution in [3.63, 3.8) is 0 Å². The number of hydrogen-bond donors (Lipinski definition) is 3. The lowest BCUT2D eigenvalue weighted by molar-refractivity contribution is -0.120. The van der Waals surface area contributed by atoms with Crippen molar-refractivity contribution in [2.24, 2.45) is 9.50 Å². The lowest BCUT2D eigenvalue weighted by atomic mass is 9.99. The zero-order valence-corrected chi connectivity index (χ0v) is 26.3. The molecule has 3 aromatic carbocycles. The molecule has 3 amide bonds. The monoisotopic (exact) mass is 627 g/mol. The maximum atomic E-state index is 13.3. The molecule has 11 heteroatoms. The zero-order chi connectivity index (χ0) is 31.7. The van der Waals surface area contributed by atoms with Crippen molar-refractivity contribution >= 4 is 44.2 Å². The van der Waals surface area contributed by atoms with E-state index in [0.717, 1.165) is 55.5 Å². The van der Waals surface area contributed by atoms with Gasteiger partial charge in [0, 0.05) is 43.5 Å². The molecule has 0 fully saturated rings. The second-order valence-corrected chi connectivity index (χ2v) is 13.7. The largest absolute Gasteiger partial charge is 0.423 e. The van der Waals surface area contributed by atoms with E-state index in [1.54, 1.807) is 30.3 Å². The first-order chi connectivity index (χ1) is 21.6. The fraction of sp³-hybridized carbons (Fsp3) is 0.324. The summed E-state index contributed by atoms with van der Waals surface area (Å²) in [7, 11) is 0.362. The molecule has 1 unspecified atom stereocenters. The Kier molecular flexibility index (Phi) is 8.48. The summed E-state index contributed by atoms with van der Waals surface area (Å²) < 4.78 is 22.5. The average Bonchev–Trinajstić information content (AvgIpc) is 3.66. The summed E-state index contributed by atoms with van der Waals surface area (Å²) in [6, 6.07) is 15.1. The molecule has 45 heavy (non-hydrogen) atoms. The summed E-state index contributed by atoms with van der Waals surface area (Å²) in [5.41, 5.74) is 8.07. The Hall–Kier alpha value is -4.48. The molecule has 6 rings (SSSR count). The molecule has 0 saturated carbocycles. The van der Waals surface area contributed by atoms with Gasteiger partial charge in [0.1, 0.15) is 15.5 Å². The Balaban J connectivity index is 1.07.